The highest BCUT2D eigenvalue weighted by Gasteiger charge is 2.05. The van der Waals surface area contributed by atoms with Gasteiger partial charge in [0.2, 0.25) is 0 Å². The lowest BCUT2D eigenvalue weighted by atomic mass is 10.1. The van der Waals surface area contributed by atoms with Crippen LogP contribution in [0.2, 0.25) is 0 Å². The van der Waals surface area contributed by atoms with Gasteiger partial charge < -0.3 is 10.5 Å². The van der Waals surface area contributed by atoms with Crippen LogP contribution in [0.25, 0.3) is 10.9 Å². The summed E-state index contributed by atoms with van der Waals surface area (Å²) >= 11 is 0. The first kappa shape index (κ1) is 11.9. The monoisotopic (exact) mass is 230 g/mol. The Balaban J connectivity index is 2.46. The molecule has 17 heavy (non-hydrogen) atoms. The molecule has 0 saturated carbocycles. The van der Waals surface area contributed by atoms with Crippen LogP contribution in [0.5, 0.6) is 5.75 Å². The zero-order chi connectivity index (χ0) is 12.3. The van der Waals surface area contributed by atoms with Crippen LogP contribution in [0.4, 0.5) is 0 Å². The van der Waals surface area contributed by atoms with Crippen molar-refractivity contribution in [3.63, 3.8) is 0 Å². The summed E-state index contributed by atoms with van der Waals surface area (Å²) < 4.78 is 5.37. The molecule has 0 radical (unpaired) electrons. The third-order valence-electron chi connectivity index (χ3n) is 2.85. The van der Waals surface area contributed by atoms with Gasteiger partial charge in [0.05, 0.1) is 12.6 Å². The summed E-state index contributed by atoms with van der Waals surface area (Å²) in [6.45, 7) is 2.71. The Labute approximate surface area is 102 Å². The van der Waals surface area contributed by atoms with Crippen molar-refractivity contribution < 1.29 is 4.74 Å². The van der Waals surface area contributed by atoms with Crippen LogP contribution in [0.3, 0.4) is 0 Å². The van der Waals surface area contributed by atoms with Crippen molar-refractivity contribution in [2.24, 2.45) is 5.73 Å². The Kier molecular flexibility index (Phi) is 3.59. The topological polar surface area (TPSA) is 48.1 Å². The fourth-order valence-electron chi connectivity index (χ4n) is 2.00. The predicted octanol–water partition coefficient (Wildman–Crippen LogP) is 2.44. The van der Waals surface area contributed by atoms with Crippen molar-refractivity contribution >= 4 is 10.9 Å². The number of benzene rings is 1. The van der Waals surface area contributed by atoms with Crippen LogP contribution in [0.1, 0.15) is 17.7 Å². The van der Waals surface area contributed by atoms with Crippen LogP contribution in [-0.4, -0.2) is 18.6 Å². The molecule has 1 aromatic carbocycles. The first-order valence-electron chi connectivity index (χ1n) is 5.89. The lowest BCUT2D eigenvalue weighted by Crippen LogP contribution is -2.00. The third-order valence-corrected chi connectivity index (χ3v) is 2.85. The second kappa shape index (κ2) is 5.15. The van der Waals surface area contributed by atoms with E-state index in [1.54, 1.807) is 7.11 Å². The summed E-state index contributed by atoms with van der Waals surface area (Å²) in [5.74, 6) is 0.887. The number of nitrogens with zero attached hydrogens (tertiary/aromatic N) is 1. The molecule has 0 saturated heterocycles. The number of rotatable bonds is 4. The van der Waals surface area contributed by atoms with E-state index in [-0.39, 0.29) is 0 Å². The van der Waals surface area contributed by atoms with Gasteiger partial charge in [0.25, 0.3) is 0 Å². The number of nitrogens with two attached hydrogens (primary N) is 1. The van der Waals surface area contributed by atoms with Crippen LogP contribution in [0, 0.1) is 6.92 Å². The second-order valence-corrected chi connectivity index (χ2v) is 4.21. The maximum absolute atomic E-state index is 5.52. The van der Waals surface area contributed by atoms with Crippen molar-refractivity contribution in [3.05, 3.63) is 35.5 Å². The first-order chi connectivity index (χ1) is 8.24. The van der Waals surface area contributed by atoms with E-state index in [4.69, 9.17) is 10.5 Å². The molecule has 2 rings (SSSR count). The molecule has 0 aliphatic carbocycles. The number of aromatic nitrogens is 1. The molecule has 0 amide bonds. The van der Waals surface area contributed by atoms with E-state index in [1.807, 2.05) is 13.0 Å². The molecular weight excluding hydrogens is 212 g/mol. The first-order valence-corrected chi connectivity index (χ1v) is 5.89. The standard InChI is InChI=1S/C14H18N2O/c1-10-8-14(17-2)12-6-5-11(4-3-7-15)9-13(12)16-10/h5-6,8-9H,3-4,7,15H2,1-2H3. The van der Waals surface area contributed by atoms with E-state index >= 15 is 0 Å². The van der Waals surface area contributed by atoms with Gasteiger partial charge in [0, 0.05) is 17.1 Å². The average Bonchev–Trinajstić information content (AvgIpc) is 2.34. The van der Waals surface area contributed by atoms with Gasteiger partial charge in [-0.15, -0.1) is 0 Å². The SMILES string of the molecule is COc1cc(C)nc2cc(CCCN)ccc12. The molecule has 2 N–H and O–H groups in total. The molecule has 1 heterocycles. The molecule has 0 aliphatic heterocycles. The maximum Gasteiger partial charge on any atom is 0.130 e. The molecular formula is C14H18N2O. The number of fused-ring (bicyclic) bond motifs is 1. The van der Waals surface area contributed by atoms with Crippen molar-refractivity contribution in [3.8, 4) is 5.75 Å². The van der Waals surface area contributed by atoms with Gasteiger partial charge in [0.1, 0.15) is 5.75 Å². The Morgan fingerprint density at radius 2 is 2.12 bits per heavy atom. The summed E-state index contributed by atoms with van der Waals surface area (Å²) in [6.07, 6.45) is 2.01. The highest BCUT2D eigenvalue weighted by atomic mass is 16.5. The molecule has 3 nitrogen and oxygen atoms in total. The van der Waals surface area contributed by atoms with Crippen LogP contribution in [-0.2, 0) is 6.42 Å². The van der Waals surface area contributed by atoms with E-state index in [2.05, 4.69) is 23.2 Å². The number of aryl methyl sites for hydroxylation is 2. The van der Waals surface area contributed by atoms with E-state index < -0.39 is 0 Å². The van der Waals surface area contributed by atoms with E-state index in [0.29, 0.717) is 0 Å². The van der Waals surface area contributed by atoms with Crippen LogP contribution < -0.4 is 10.5 Å². The highest BCUT2D eigenvalue weighted by Crippen LogP contribution is 2.26. The summed E-state index contributed by atoms with van der Waals surface area (Å²) in [6, 6.07) is 8.28. The third kappa shape index (κ3) is 2.56. The smallest absolute Gasteiger partial charge is 0.130 e. The van der Waals surface area contributed by atoms with Crippen LogP contribution in [0.15, 0.2) is 24.3 Å². The summed E-state index contributed by atoms with van der Waals surface area (Å²) in [5.41, 5.74) is 8.78. The number of pyridine rings is 1. The Bertz CT molecular complexity index is 523. The van der Waals surface area contributed by atoms with Gasteiger partial charge in [-0.2, -0.15) is 0 Å². The molecule has 90 valence electrons. The van der Waals surface area contributed by atoms with Gasteiger partial charge in [-0.05, 0) is 44.0 Å². The molecule has 0 spiro atoms. The van der Waals surface area contributed by atoms with Crippen molar-refractivity contribution in [1.29, 1.82) is 0 Å². The molecule has 0 bridgehead atoms. The predicted molar refractivity (Wildman–Crippen MR) is 70.4 cm³/mol. The quantitative estimate of drug-likeness (QED) is 0.877. The number of ether oxygens (including phenoxy) is 1. The number of hydrogen-bond acceptors (Lipinski definition) is 3. The van der Waals surface area contributed by atoms with Gasteiger partial charge >= 0.3 is 0 Å². The summed E-state index contributed by atoms with van der Waals surface area (Å²) in [4.78, 5) is 4.54. The van der Waals surface area contributed by atoms with Gasteiger partial charge in [-0.25, -0.2) is 0 Å². The summed E-state index contributed by atoms with van der Waals surface area (Å²) in [7, 11) is 1.69. The maximum atomic E-state index is 5.52. The van der Waals surface area contributed by atoms with E-state index in [0.717, 1.165) is 41.7 Å². The molecule has 1 aromatic heterocycles. The van der Waals surface area contributed by atoms with E-state index in [9.17, 15) is 0 Å². The fourth-order valence-corrected chi connectivity index (χ4v) is 2.00. The fraction of sp³-hybridized carbons (Fsp3) is 0.357. The van der Waals surface area contributed by atoms with Gasteiger partial charge in [-0.3, -0.25) is 4.98 Å². The number of methoxy groups -OCH3 is 1. The molecule has 0 aliphatic rings. The molecule has 2 aromatic rings. The zero-order valence-electron chi connectivity index (χ0n) is 10.4. The molecule has 0 atom stereocenters. The molecule has 3 heteroatoms. The second-order valence-electron chi connectivity index (χ2n) is 4.21. The van der Waals surface area contributed by atoms with Crippen molar-refractivity contribution in [1.82, 2.24) is 4.98 Å². The van der Waals surface area contributed by atoms with Gasteiger partial charge in [-0.1, -0.05) is 6.07 Å². The van der Waals surface area contributed by atoms with Crippen molar-refractivity contribution in [2.45, 2.75) is 19.8 Å². The Hall–Kier alpha value is -1.61. The van der Waals surface area contributed by atoms with Crippen LogP contribution >= 0.6 is 0 Å². The minimum atomic E-state index is 0.725. The molecule has 0 fully saturated rings. The number of hydrogen-bond donors (Lipinski definition) is 1. The zero-order valence-corrected chi connectivity index (χ0v) is 10.4. The minimum absolute atomic E-state index is 0.725. The Morgan fingerprint density at radius 3 is 2.82 bits per heavy atom. The van der Waals surface area contributed by atoms with Gasteiger partial charge in [0.15, 0.2) is 0 Å². The largest absolute Gasteiger partial charge is 0.496 e. The molecule has 0 unspecified atom stereocenters. The van der Waals surface area contributed by atoms with E-state index in [1.165, 1.54) is 5.56 Å². The normalized spacial score (nSPS) is 10.8. The highest BCUT2D eigenvalue weighted by molar-refractivity contribution is 5.85. The lowest BCUT2D eigenvalue weighted by molar-refractivity contribution is 0.419. The van der Waals surface area contributed by atoms with Crippen molar-refractivity contribution in [2.75, 3.05) is 13.7 Å². The average molecular weight is 230 g/mol. The Morgan fingerprint density at radius 1 is 1.29 bits per heavy atom. The minimum Gasteiger partial charge on any atom is -0.496 e. The lowest BCUT2D eigenvalue weighted by Gasteiger charge is -2.08. The summed E-state index contributed by atoms with van der Waals surface area (Å²) in [5, 5.41) is 1.06.